The molecular formula is C15H24ClN3O. The molecule has 0 aliphatic rings. The molecule has 0 spiro atoms. The van der Waals surface area contributed by atoms with Crippen LogP contribution in [0.25, 0.3) is 0 Å². The normalized spacial score (nSPS) is 10.8. The highest BCUT2D eigenvalue weighted by molar-refractivity contribution is 5.85. The first-order valence-electron chi connectivity index (χ1n) is 6.37. The summed E-state index contributed by atoms with van der Waals surface area (Å²) in [5.41, 5.74) is 7.55. The molecule has 4 nitrogen and oxygen atoms in total. The molecule has 0 aliphatic carbocycles. The van der Waals surface area contributed by atoms with Gasteiger partial charge in [-0.3, -0.25) is 0 Å². The molecule has 1 aromatic carbocycles. The van der Waals surface area contributed by atoms with Gasteiger partial charge in [-0.2, -0.15) is 5.26 Å². The zero-order valence-corrected chi connectivity index (χ0v) is 13.5. The van der Waals surface area contributed by atoms with Gasteiger partial charge in [0.15, 0.2) is 0 Å². The summed E-state index contributed by atoms with van der Waals surface area (Å²) < 4.78 is 5.22. The van der Waals surface area contributed by atoms with E-state index in [9.17, 15) is 0 Å². The summed E-state index contributed by atoms with van der Waals surface area (Å²) in [6, 6.07) is 7.81. The Labute approximate surface area is 127 Å². The molecule has 0 unspecified atom stereocenters. The third-order valence-electron chi connectivity index (χ3n) is 3.09. The maximum Gasteiger partial charge on any atom is 0.136 e. The standard InChI is InChI=1S/C15H23N3O.ClH/c1-15(2,10-17)11-18(3)9-12-5-6-13(8-16)14(7-12)19-4;/h5-7H,9-11,17H2,1-4H3;1H. The Hall–Kier alpha value is -1.28. The average molecular weight is 298 g/mol. The van der Waals surface area contributed by atoms with Gasteiger partial charge in [-0.25, -0.2) is 0 Å². The van der Waals surface area contributed by atoms with Crippen LogP contribution < -0.4 is 10.5 Å². The predicted octanol–water partition coefficient (Wildman–Crippen LogP) is 2.41. The lowest BCUT2D eigenvalue weighted by molar-refractivity contribution is 0.210. The van der Waals surface area contributed by atoms with Crippen molar-refractivity contribution >= 4 is 12.4 Å². The minimum Gasteiger partial charge on any atom is -0.495 e. The van der Waals surface area contributed by atoms with Gasteiger partial charge in [0.1, 0.15) is 11.8 Å². The lowest BCUT2D eigenvalue weighted by Gasteiger charge is -2.29. The van der Waals surface area contributed by atoms with E-state index in [1.807, 2.05) is 12.1 Å². The van der Waals surface area contributed by atoms with E-state index >= 15 is 0 Å². The monoisotopic (exact) mass is 297 g/mol. The SMILES string of the molecule is COc1cc(CN(C)CC(C)(C)CN)ccc1C#N.Cl. The summed E-state index contributed by atoms with van der Waals surface area (Å²) in [6.45, 7) is 6.71. The highest BCUT2D eigenvalue weighted by atomic mass is 35.5. The topological polar surface area (TPSA) is 62.3 Å². The molecule has 0 fully saturated rings. The van der Waals surface area contributed by atoms with E-state index < -0.39 is 0 Å². The minimum atomic E-state index is 0. The van der Waals surface area contributed by atoms with Crippen molar-refractivity contribution in [1.82, 2.24) is 4.90 Å². The molecule has 0 aliphatic heterocycles. The van der Waals surface area contributed by atoms with Crippen LogP contribution in [0.3, 0.4) is 0 Å². The molecule has 0 amide bonds. The number of methoxy groups -OCH3 is 1. The second-order valence-electron chi connectivity index (χ2n) is 5.69. The van der Waals surface area contributed by atoms with Crippen LogP contribution >= 0.6 is 12.4 Å². The molecule has 1 aromatic rings. The number of hydrogen-bond donors (Lipinski definition) is 1. The highest BCUT2D eigenvalue weighted by Gasteiger charge is 2.18. The van der Waals surface area contributed by atoms with Crippen LogP contribution in [-0.2, 0) is 6.54 Å². The van der Waals surface area contributed by atoms with E-state index in [0.717, 1.165) is 18.7 Å². The fourth-order valence-electron chi connectivity index (χ4n) is 2.09. The molecule has 0 bridgehead atoms. The second kappa shape index (κ2) is 8.11. The largest absolute Gasteiger partial charge is 0.495 e. The van der Waals surface area contributed by atoms with Gasteiger partial charge in [0.2, 0.25) is 0 Å². The molecule has 0 radical (unpaired) electrons. The first kappa shape index (κ1) is 18.7. The number of ether oxygens (including phenoxy) is 1. The highest BCUT2D eigenvalue weighted by Crippen LogP contribution is 2.21. The van der Waals surface area contributed by atoms with Crippen LogP contribution in [-0.4, -0.2) is 32.1 Å². The van der Waals surface area contributed by atoms with Crippen LogP contribution in [0.5, 0.6) is 5.75 Å². The number of nitrogens with zero attached hydrogens (tertiary/aromatic N) is 2. The molecule has 0 heterocycles. The summed E-state index contributed by atoms with van der Waals surface area (Å²) in [4.78, 5) is 2.23. The van der Waals surface area contributed by atoms with Gasteiger partial charge in [0.25, 0.3) is 0 Å². The zero-order valence-electron chi connectivity index (χ0n) is 12.6. The van der Waals surface area contributed by atoms with Crippen LogP contribution in [0.15, 0.2) is 18.2 Å². The number of nitrogens with two attached hydrogens (primary N) is 1. The smallest absolute Gasteiger partial charge is 0.136 e. The van der Waals surface area contributed by atoms with Crippen LogP contribution in [0.2, 0.25) is 0 Å². The van der Waals surface area contributed by atoms with Gasteiger partial charge in [-0.1, -0.05) is 19.9 Å². The van der Waals surface area contributed by atoms with Crippen molar-refractivity contribution in [1.29, 1.82) is 5.26 Å². The van der Waals surface area contributed by atoms with E-state index in [2.05, 4.69) is 31.9 Å². The van der Waals surface area contributed by atoms with Gasteiger partial charge < -0.3 is 15.4 Å². The molecule has 5 heteroatoms. The fraction of sp³-hybridized carbons (Fsp3) is 0.533. The molecular weight excluding hydrogens is 274 g/mol. The van der Waals surface area contributed by atoms with Crippen molar-refractivity contribution in [3.05, 3.63) is 29.3 Å². The summed E-state index contributed by atoms with van der Waals surface area (Å²) in [6.07, 6.45) is 0. The maximum atomic E-state index is 8.95. The molecule has 0 saturated heterocycles. The van der Waals surface area contributed by atoms with Crippen molar-refractivity contribution in [2.75, 3.05) is 27.2 Å². The molecule has 1 rings (SSSR count). The van der Waals surface area contributed by atoms with Crippen LogP contribution in [0, 0.1) is 16.7 Å². The Kier molecular flexibility index (Phi) is 7.59. The van der Waals surface area contributed by atoms with Crippen molar-refractivity contribution in [3.8, 4) is 11.8 Å². The molecule has 0 saturated carbocycles. The lowest BCUT2D eigenvalue weighted by Crippen LogP contribution is -2.36. The Bertz CT molecular complexity index is 469. The number of halogens is 1. The van der Waals surface area contributed by atoms with E-state index in [4.69, 9.17) is 15.7 Å². The quantitative estimate of drug-likeness (QED) is 0.876. The van der Waals surface area contributed by atoms with Gasteiger partial charge in [0.05, 0.1) is 12.7 Å². The summed E-state index contributed by atoms with van der Waals surface area (Å²) >= 11 is 0. The van der Waals surface area contributed by atoms with Gasteiger partial charge in [-0.05, 0) is 36.7 Å². The summed E-state index contributed by atoms with van der Waals surface area (Å²) in [5, 5.41) is 8.95. The van der Waals surface area contributed by atoms with E-state index in [-0.39, 0.29) is 17.8 Å². The molecule has 20 heavy (non-hydrogen) atoms. The van der Waals surface area contributed by atoms with Gasteiger partial charge in [0, 0.05) is 13.1 Å². The first-order valence-corrected chi connectivity index (χ1v) is 6.37. The van der Waals surface area contributed by atoms with Crippen molar-refractivity contribution in [2.24, 2.45) is 11.1 Å². The van der Waals surface area contributed by atoms with Crippen molar-refractivity contribution in [2.45, 2.75) is 20.4 Å². The Morgan fingerprint density at radius 3 is 2.55 bits per heavy atom. The summed E-state index contributed by atoms with van der Waals surface area (Å²) in [5.74, 6) is 0.631. The van der Waals surface area contributed by atoms with Crippen LogP contribution in [0.1, 0.15) is 25.0 Å². The molecule has 2 N–H and O–H groups in total. The maximum absolute atomic E-state index is 8.95. The number of hydrogen-bond acceptors (Lipinski definition) is 4. The Morgan fingerprint density at radius 2 is 2.05 bits per heavy atom. The fourth-order valence-corrected chi connectivity index (χ4v) is 2.09. The molecule has 112 valence electrons. The Morgan fingerprint density at radius 1 is 1.40 bits per heavy atom. The van der Waals surface area contributed by atoms with Crippen LogP contribution in [0.4, 0.5) is 0 Å². The van der Waals surface area contributed by atoms with E-state index in [0.29, 0.717) is 17.9 Å². The third-order valence-corrected chi connectivity index (χ3v) is 3.09. The Balaban J connectivity index is 0.00000361. The van der Waals surface area contributed by atoms with E-state index in [1.165, 1.54) is 0 Å². The van der Waals surface area contributed by atoms with Crippen molar-refractivity contribution < 1.29 is 4.74 Å². The molecule has 0 aromatic heterocycles. The number of benzene rings is 1. The van der Waals surface area contributed by atoms with Gasteiger partial charge in [-0.15, -0.1) is 12.4 Å². The zero-order chi connectivity index (χ0) is 14.5. The van der Waals surface area contributed by atoms with E-state index in [1.54, 1.807) is 13.2 Å². The molecule has 0 atom stereocenters. The second-order valence-corrected chi connectivity index (χ2v) is 5.69. The summed E-state index contributed by atoms with van der Waals surface area (Å²) in [7, 11) is 3.66. The minimum absolute atomic E-state index is 0. The lowest BCUT2D eigenvalue weighted by atomic mass is 9.93. The average Bonchev–Trinajstić information content (AvgIpc) is 2.37. The number of rotatable bonds is 6. The first-order chi connectivity index (χ1) is 8.91. The number of nitriles is 1. The van der Waals surface area contributed by atoms with Crippen molar-refractivity contribution in [3.63, 3.8) is 0 Å². The van der Waals surface area contributed by atoms with Gasteiger partial charge >= 0.3 is 0 Å². The third kappa shape index (κ3) is 5.38. The predicted molar refractivity (Wildman–Crippen MR) is 84.1 cm³/mol.